The van der Waals surface area contributed by atoms with Crippen LogP contribution in [0.15, 0.2) is 60.9 Å². The molecule has 0 unspecified atom stereocenters. The summed E-state index contributed by atoms with van der Waals surface area (Å²) in [5, 5.41) is 0. The van der Waals surface area contributed by atoms with E-state index < -0.39 is 6.30 Å². The highest BCUT2D eigenvalue weighted by atomic mass is 19.4. The van der Waals surface area contributed by atoms with Gasteiger partial charge in [0, 0.05) is 38.6 Å². The van der Waals surface area contributed by atoms with E-state index in [1.807, 2.05) is 30.5 Å². The molecule has 4 heterocycles. The highest BCUT2D eigenvalue weighted by Gasteiger charge is 2.37. The average molecular weight is 454 g/mol. The Balaban J connectivity index is 1.53. The molecule has 1 aliphatic heterocycles. The second kappa shape index (κ2) is 8.68. The predicted molar refractivity (Wildman–Crippen MR) is 123 cm³/mol. The molecule has 4 aromatic rings. The van der Waals surface area contributed by atoms with Crippen molar-refractivity contribution in [1.82, 2.24) is 24.2 Å². The number of nitrogens with one attached hydrogen (secondary N) is 1. The van der Waals surface area contributed by atoms with E-state index in [4.69, 9.17) is 4.98 Å². The van der Waals surface area contributed by atoms with Crippen molar-refractivity contribution < 1.29 is 13.2 Å². The van der Waals surface area contributed by atoms with Gasteiger partial charge in [0.15, 0.2) is 0 Å². The second-order valence-electron chi connectivity index (χ2n) is 8.59. The number of hydrogen-bond donors (Lipinski definition) is 1. The quantitative estimate of drug-likeness (QED) is 0.425. The van der Waals surface area contributed by atoms with Crippen molar-refractivity contribution in [3.8, 4) is 22.5 Å². The van der Waals surface area contributed by atoms with Crippen LogP contribution in [0, 0.1) is 6.92 Å². The van der Waals surface area contributed by atoms with Crippen LogP contribution in [0.1, 0.15) is 17.7 Å². The number of benzene rings is 1. The molecular formula is C25H26F3N5. The molecule has 172 valence electrons. The second-order valence-corrected chi connectivity index (χ2v) is 8.59. The van der Waals surface area contributed by atoms with E-state index in [0.29, 0.717) is 31.0 Å². The number of halogens is 3. The molecule has 5 nitrogen and oxygen atoms in total. The minimum atomic E-state index is -4.28. The number of aryl methyl sites for hydroxylation is 1. The maximum absolute atomic E-state index is 13.2. The molecule has 1 N–H and O–H groups in total. The number of fused-ring (bicyclic) bond motifs is 1. The number of aromatic amines is 1. The first kappa shape index (κ1) is 21.7. The summed E-state index contributed by atoms with van der Waals surface area (Å²) >= 11 is 0. The average Bonchev–Trinajstić information content (AvgIpc) is 3.35. The number of imidazole rings is 1. The summed E-state index contributed by atoms with van der Waals surface area (Å²) in [4.78, 5) is 10.8. The number of aromatic nitrogens is 3. The number of pyridine rings is 1. The number of alkyl halides is 3. The molecule has 0 spiro atoms. The molecule has 1 aromatic carbocycles. The van der Waals surface area contributed by atoms with Crippen molar-refractivity contribution in [1.29, 1.82) is 0 Å². The number of nitrogens with zero attached hydrogens (tertiary/aromatic N) is 4. The molecular weight excluding hydrogens is 427 g/mol. The molecule has 0 aliphatic carbocycles. The monoisotopic (exact) mass is 453 g/mol. The third-order valence-electron chi connectivity index (χ3n) is 6.24. The molecule has 1 aliphatic rings. The smallest absolute Gasteiger partial charge is 0.360 e. The van der Waals surface area contributed by atoms with Crippen LogP contribution in [0.5, 0.6) is 0 Å². The molecule has 33 heavy (non-hydrogen) atoms. The summed E-state index contributed by atoms with van der Waals surface area (Å²) in [6.45, 7) is 3.58. The molecule has 0 bridgehead atoms. The fraction of sp³-hybridized carbons (Fsp3) is 0.320. The van der Waals surface area contributed by atoms with Crippen molar-refractivity contribution in [2.45, 2.75) is 26.2 Å². The predicted octanol–water partition coefficient (Wildman–Crippen LogP) is 5.33. The molecule has 1 saturated heterocycles. The first-order valence-corrected chi connectivity index (χ1v) is 11.1. The highest BCUT2D eigenvalue weighted by Crippen LogP contribution is 2.29. The van der Waals surface area contributed by atoms with Crippen LogP contribution in [0.3, 0.4) is 0 Å². The Morgan fingerprint density at radius 1 is 0.970 bits per heavy atom. The zero-order chi connectivity index (χ0) is 23.0. The van der Waals surface area contributed by atoms with Gasteiger partial charge in [-0.3, -0.25) is 4.90 Å². The molecule has 1 fully saturated rings. The third-order valence-corrected chi connectivity index (χ3v) is 6.24. The van der Waals surface area contributed by atoms with Gasteiger partial charge < -0.3 is 9.38 Å². The molecule has 0 saturated carbocycles. The fourth-order valence-electron chi connectivity index (χ4n) is 4.53. The van der Waals surface area contributed by atoms with E-state index in [-0.39, 0.29) is 13.1 Å². The van der Waals surface area contributed by atoms with Gasteiger partial charge >= 0.3 is 6.30 Å². The lowest BCUT2D eigenvalue weighted by atomic mass is 10.1. The first-order valence-electron chi connectivity index (χ1n) is 11.1. The Labute approximate surface area is 190 Å². The number of rotatable bonds is 4. The maximum atomic E-state index is 13.2. The Morgan fingerprint density at radius 2 is 1.85 bits per heavy atom. The summed E-state index contributed by atoms with van der Waals surface area (Å²) < 4.78 is 41.7. The van der Waals surface area contributed by atoms with Crippen molar-refractivity contribution in [3.63, 3.8) is 0 Å². The van der Waals surface area contributed by atoms with Crippen LogP contribution >= 0.6 is 0 Å². The van der Waals surface area contributed by atoms with Crippen LogP contribution in [0.25, 0.3) is 28.2 Å². The maximum Gasteiger partial charge on any atom is 0.459 e. The van der Waals surface area contributed by atoms with E-state index in [0.717, 1.165) is 33.9 Å². The van der Waals surface area contributed by atoms with Gasteiger partial charge in [0.25, 0.3) is 0 Å². The van der Waals surface area contributed by atoms with Gasteiger partial charge in [-0.1, -0.05) is 29.8 Å². The SMILES string of the molecule is Cc1cccc(-c2ccc3nc(-c4ccc[nH]4)c(CN4CCCN(C(F)(F)F)CC4)n3c2)c1. The zero-order valence-corrected chi connectivity index (χ0v) is 18.4. The highest BCUT2D eigenvalue weighted by molar-refractivity contribution is 5.69. The summed E-state index contributed by atoms with van der Waals surface area (Å²) in [7, 11) is 0. The van der Waals surface area contributed by atoms with E-state index in [2.05, 4.69) is 51.7 Å². The first-order chi connectivity index (χ1) is 15.9. The van der Waals surface area contributed by atoms with Crippen LogP contribution in [0.2, 0.25) is 0 Å². The zero-order valence-electron chi connectivity index (χ0n) is 18.4. The van der Waals surface area contributed by atoms with Gasteiger partial charge in [-0.15, -0.1) is 0 Å². The van der Waals surface area contributed by atoms with Gasteiger partial charge in [0.1, 0.15) is 11.3 Å². The van der Waals surface area contributed by atoms with Crippen molar-refractivity contribution in [3.05, 3.63) is 72.2 Å². The Kier molecular flexibility index (Phi) is 5.72. The minimum Gasteiger partial charge on any atom is -0.360 e. The van der Waals surface area contributed by atoms with Crippen molar-refractivity contribution in [2.24, 2.45) is 0 Å². The summed E-state index contributed by atoms with van der Waals surface area (Å²) in [6, 6.07) is 16.3. The topological polar surface area (TPSA) is 39.6 Å². The molecule has 0 radical (unpaired) electrons. The number of hydrogen-bond acceptors (Lipinski definition) is 3. The lowest BCUT2D eigenvalue weighted by molar-refractivity contribution is -0.244. The normalized spacial score (nSPS) is 16.4. The number of H-pyrrole nitrogens is 1. The van der Waals surface area contributed by atoms with Gasteiger partial charge in [-0.2, -0.15) is 13.2 Å². The molecule has 0 amide bonds. The molecule has 3 aromatic heterocycles. The van der Waals surface area contributed by atoms with Gasteiger partial charge in [0.2, 0.25) is 0 Å². The molecule has 0 atom stereocenters. The Morgan fingerprint density at radius 3 is 2.61 bits per heavy atom. The van der Waals surface area contributed by atoms with Crippen LogP contribution in [-0.2, 0) is 6.54 Å². The van der Waals surface area contributed by atoms with Crippen molar-refractivity contribution in [2.75, 3.05) is 26.2 Å². The largest absolute Gasteiger partial charge is 0.459 e. The minimum absolute atomic E-state index is 0.0212. The van der Waals surface area contributed by atoms with Crippen molar-refractivity contribution >= 4 is 5.65 Å². The van der Waals surface area contributed by atoms with E-state index >= 15 is 0 Å². The summed E-state index contributed by atoms with van der Waals surface area (Å²) in [5.41, 5.74) is 6.90. The van der Waals surface area contributed by atoms with Gasteiger partial charge in [-0.05, 0) is 55.3 Å². The standard InChI is InChI=1S/C25H26F3N5/c1-18-5-2-6-19(15-18)20-8-9-23-30-24(21-7-3-10-29-21)22(33(23)16-20)17-31-11-4-12-32(14-13-31)25(26,27)28/h2-3,5-10,15-16,29H,4,11-14,17H2,1H3. The molecule has 8 heteroatoms. The van der Waals surface area contributed by atoms with Gasteiger partial charge in [0.05, 0.1) is 11.4 Å². The Hall–Kier alpha value is -3.10. The Bertz CT molecular complexity index is 1240. The van der Waals surface area contributed by atoms with E-state index in [9.17, 15) is 13.2 Å². The lowest BCUT2D eigenvalue weighted by Crippen LogP contribution is -2.40. The van der Waals surface area contributed by atoms with E-state index in [1.54, 1.807) is 0 Å². The fourth-order valence-corrected chi connectivity index (χ4v) is 4.53. The molecule has 5 rings (SSSR count). The van der Waals surface area contributed by atoms with Crippen LogP contribution in [0.4, 0.5) is 13.2 Å². The summed E-state index contributed by atoms with van der Waals surface area (Å²) in [5.74, 6) is 0. The third kappa shape index (κ3) is 4.54. The summed E-state index contributed by atoms with van der Waals surface area (Å²) in [6.07, 6.45) is 0.132. The van der Waals surface area contributed by atoms with E-state index in [1.165, 1.54) is 5.56 Å². The van der Waals surface area contributed by atoms with Crippen LogP contribution < -0.4 is 0 Å². The van der Waals surface area contributed by atoms with Crippen LogP contribution in [-0.4, -0.2) is 56.6 Å². The lowest BCUT2D eigenvalue weighted by Gasteiger charge is -2.23. The van der Waals surface area contributed by atoms with Gasteiger partial charge in [-0.25, -0.2) is 9.88 Å².